The van der Waals surface area contributed by atoms with Crippen LogP contribution in [0, 0.1) is 0 Å². The Hall–Kier alpha value is -2.33. The molecule has 0 atom stereocenters. The highest BCUT2D eigenvalue weighted by atomic mass is 15.3. The molecule has 2 heterocycles. The largest absolute Gasteiger partial charge is 0.346 e. The van der Waals surface area contributed by atoms with Crippen LogP contribution in [0.3, 0.4) is 0 Å². The van der Waals surface area contributed by atoms with Crippen molar-refractivity contribution in [1.82, 2.24) is 14.3 Å². The van der Waals surface area contributed by atoms with Crippen LogP contribution in [0.5, 0.6) is 0 Å². The minimum Gasteiger partial charge on any atom is -0.346 e. The van der Waals surface area contributed by atoms with Gasteiger partial charge in [0.1, 0.15) is 0 Å². The topological polar surface area (TPSA) is 48.8 Å². The average molecular weight is 252 g/mol. The number of hydrogen-bond acceptors (Lipinski definition) is 2. The summed E-state index contributed by atoms with van der Waals surface area (Å²) >= 11 is 0. The van der Waals surface area contributed by atoms with Gasteiger partial charge in [0.05, 0.1) is 18.4 Å². The first-order valence-corrected chi connectivity index (χ1v) is 6.30. The zero-order valence-corrected chi connectivity index (χ0v) is 10.6. The Bertz CT molecular complexity index is 652. The van der Waals surface area contributed by atoms with Gasteiger partial charge in [0.15, 0.2) is 0 Å². The van der Waals surface area contributed by atoms with Gasteiger partial charge in [-0.3, -0.25) is 0 Å². The van der Waals surface area contributed by atoms with Gasteiger partial charge in [-0.1, -0.05) is 18.2 Å². The van der Waals surface area contributed by atoms with E-state index in [1.807, 2.05) is 59.5 Å². The van der Waals surface area contributed by atoms with Crippen LogP contribution in [0.4, 0.5) is 0 Å². The van der Waals surface area contributed by atoms with Crippen LogP contribution in [-0.4, -0.2) is 14.3 Å². The molecule has 4 nitrogen and oxygen atoms in total. The van der Waals surface area contributed by atoms with E-state index < -0.39 is 0 Å². The van der Waals surface area contributed by atoms with Gasteiger partial charge < -0.3 is 10.3 Å². The van der Waals surface area contributed by atoms with Crippen LogP contribution >= 0.6 is 0 Å². The van der Waals surface area contributed by atoms with E-state index in [0.29, 0.717) is 6.54 Å². The molecule has 3 aromatic rings. The highest BCUT2D eigenvalue weighted by Crippen LogP contribution is 2.10. The van der Waals surface area contributed by atoms with Crippen molar-refractivity contribution in [3.8, 4) is 5.69 Å². The lowest BCUT2D eigenvalue weighted by Crippen LogP contribution is -2.06. The van der Waals surface area contributed by atoms with Crippen molar-refractivity contribution in [3.05, 3.63) is 72.3 Å². The van der Waals surface area contributed by atoms with Gasteiger partial charge in [0.2, 0.25) is 0 Å². The first kappa shape index (κ1) is 11.7. The van der Waals surface area contributed by atoms with E-state index in [-0.39, 0.29) is 0 Å². The third-order valence-electron chi connectivity index (χ3n) is 3.14. The number of hydrogen-bond donors (Lipinski definition) is 1. The van der Waals surface area contributed by atoms with Crippen molar-refractivity contribution in [2.45, 2.75) is 13.1 Å². The van der Waals surface area contributed by atoms with E-state index in [1.54, 1.807) is 0 Å². The molecule has 0 bridgehead atoms. The van der Waals surface area contributed by atoms with Crippen molar-refractivity contribution in [2.75, 3.05) is 0 Å². The van der Waals surface area contributed by atoms with Gasteiger partial charge in [-0.2, -0.15) is 5.10 Å². The Kier molecular flexibility index (Phi) is 3.16. The molecule has 0 unspecified atom stereocenters. The number of benzene rings is 1. The normalized spacial score (nSPS) is 10.8. The summed E-state index contributed by atoms with van der Waals surface area (Å²) in [6.07, 6.45) is 5.99. The monoisotopic (exact) mass is 252 g/mol. The summed E-state index contributed by atoms with van der Waals surface area (Å²) in [5.74, 6) is 0. The lowest BCUT2D eigenvalue weighted by Gasteiger charge is -2.05. The Morgan fingerprint density at radius 1 is 1.05 bits per heavy atom. The molecule has 19 heavy (non-hydrogen) atoms. The van der Waals surface area contributed by atoms with Crippen LogP contribution < -0.4 is 5.73 Å². The summed E-state index contributed by atoms with van der Waals surface area (Å²) in [5.41, 5.74) is 9.07. The molecule has 0 saturated heterocycles. The van der Waals surface area contributed by atoms with Crippen LogP contribution in [0.15, 0.2) is 61.1 Å². The number of rotatable bonds is 4. The fraction of sp³-hybridized carbons (Fsp3) is 0.133. The van der Waals surface area contributed by atoms with Gasteiger partial charge in [-0.15, -0.1) is 0 Å². The quantitative estimate of drug-likeness (QED) is 0.773. The Morgan fingerprint density at radius 2 is 1.89 bits per heavy atom. The molecular formula is C15H16N4. The molecule has 0 aliphatic heterocycles. The van der Waals surface area contributed by atoms with E-state index >= 15 is 0 Å². The van der Waals surface area contributed by atoms with E-state index in [4.69, 9.17) is 5.73 Å². The molecule has 1 aromatic carbocycles. The first-order chi connectivity index (χ1) is 9.36. The number of aromatic nitrogens is 3. The molecule has 0 spiro atoms. The molecule has 0 amide bonds. The summed E-state index contributed by atoms with van der Waals surface area (Å²) < 4.78 is 4.04. The lowest BCUT2D eigenvalue weighted by atomic mass is 10.3. The van der Waals surface area contributed by atoms with Crippen LogP contribution in [-0.2, 0) is 13.1 Å². The maximum Gasteiger partial charge on any atom is 0.0645 e. The standard InChI is InChI=1S/C15H16N4/c16-9-15-7-4-8-18(15)11-13-10-17-19(12-13)14-5-2-1-3-6-14/h1-8,10,12H,9,11,16H2. The second-order valence-corrected chi connectivity index (χ2v) is 4.46. The summed E-state index contributed by atoms with van der Waals surface area (Å²) in [6, 6.07) is 14.2. The summed E-state index contributed by atoms with van der Waals surface area (Å²) in [7, 11) is 0. The molecule has 4 heteroatoms. The number of nitrogens with two attached hydrogens (primary N) is 1. The van der Waals surface area contributed by atoms with E-state index in [9.17, 15) is 0 Å². The molecule has 2 N–H and O–H groups in total. The van der Waals surface area contributed by atoms with Gasteiger partial charge in [-0.05, 0) is 24.3 Å². The third kappa shape index (κ3) is 2.44. The summed E-state index contributed by atoms with van der Waals surface area (Å²) in [4.78, 5) is 0. The average Bonchev–Trinajstić information content (AvgIpc) is 3.09. The second-order valence-electron chi connectivity index (χ2n) is 4.46. The van der Waals surface area contributed by atoms with E-state index in [0.717, 1.165) is 23.5 Å². The van der Waals surface area contributed by atoms with Gasteiger partial charge in [0.25, 0.3) is 0 Å². The van der Waals surface area contributed by atoms with E-state index in [1.165, 1.54) is 0 Å². The molecule has 0 aliphatic carbocycles. The lowest BCUT2D eigenvalue weighted by molar-refractivity contribution is 0.743. The SMILES string of the molecule is NCc1cccn1Cc1cnn(-c2ccccc2)c1. The van der Waals surface area contributed by atoms with Crippen LogP contribution in [0.1, 0.15) is 11.3 Å². The predicted octanol–water partition coefficient (Wildman–Crippen LogP) is 2.18. The molecule has 0 aliphatic rings. The molecule has 96 valence electrons. The van der Waals surface area contributed by atoms with Crippen LogP contribution in [0.2, 0.25) is 0 Å². The first-order valence-electron chi connectivity index (χ1n) is 6.30. The fourth-order valence-corrected chi connectivity index (χ4v) is 2.15. The van der Waals surface area contributed by atoms with Crippen molar-refractivity contribution in [3.63, 3.8) is 0 Å². The Labute approximate surface area is 112 Å². The molecule has 0 fully saturated rings. The zero-order valence-electron chi connectivity index (χ0n) is 10.6. The highest BCUT2D eigenvalue weighted by molar-refractivity contribution is 5.31. The molecule has 0 radical (unpaired) electrons. The van der Waals surface area contributed by atoms with Crippen molar-refractivity contribution < 1.29 is 0 Å². The minimum absolute atomic E-state index is 0.555. The van der Waals surface area contributed by atoms with Gasteiger partial charge in [0, 0.05) is 30.2 Å². The fourth-order valence-electron chi connectivity index (χ4n) is 2.15. The molecule has 2 aromatic heterocycles. The summed E-state index contributed by atoms with van der Waals surface area (Å²) in [5, 5.41) is 4.39. The number of nitrogens with zero attached hydrogens (tertiary/aromatic N) is 3. The molecular weight excluding hydrogens is 236 g/mol. The van der Waals surface area contributed by atoms with E-state index in [2.05, 4.69) is 15.9 Å². The number of para-hydroxylation sites is 1. The highest BCUT2D eigenvalue weighted by Gasteiger charge is 2.03. The third-order valence-corrected chi connectivity index (χ3v) is 3.14. The van der Waals surface area contributed by atoms with Gasteiger partial charge >= 0.3 is 0 Å². The molecule has 0 saturated carbocycles. The smallest absolute Gasteiger partial charge is 0.0645 e. The maximum atomic E-state index is 5.70. The zero-order chi connectivity index (χ0) is 13.1. The Balaban J connectivity index is 1.82. The van der Waals surface area contributed by atoms with Crippen molar-refractivity contribution >= 4 is 0 Å². The second kappa shape index (κ2) is 5.12. The van der Waals surface area contributed by atoms with Gasteiger partial charge in [-0.25, -0.2) is 4.68 Å². The maximum absolute atomic E-state index is 5.70. The summed E-state index contributed by atoms with van der Waals surface area (Å²) in [6.45, 7) is 1.35. The van der Waals surface area contributed by atoms with Crippen LogP contribution in [0.25, 0.3) is 5.69 Å². The van der Waals surface area contributed by atoms with Crippen molar-refractivity contribution in [1.29, 1.82) is 0 Å². The van der Waals surface area contributed by atoms with Crippen molar-refractivity contribution in [2.24, 2.45) is 5.73 Å². The molecule has 3 rings (SSSR count). The predicted molar refractivity (Wildman–Crippen MR) is 75.0 cm³/mol. The minimum atomic E-state index is 0.555. The Morgan fingerprint density at radius 3 is 2.68 bits per heavy atom.